The van der Waals surface area contributed by atoms with Gasteiger partial charge in [-0.05, 0) is 30.3 Å². The van der Waals surface area contributed by atoms with Gasteiger partial charge in [0.2, 0.25) is 5.56 Å². The van der Waals surface area contributed by atoms with E-state index in [0.717, 1.165) is 5.39 Å². The molecule has 6 heteroatoms. The zero-order valence-corrected chi connectivity index (χ0v) is 11.0. The molecule has 3 rings (SSSR count). The minimum absolute atomic E-state index is 0.191. The van der Waals surface area contributed by atoms with Crippen LogP contribution in [0.1, 0.15) is 10.5 Å². The van der Waals surface area contributed by atoms with E-state index in [9.17, 15) is 9.59 Å². The maximum Gasteiger partial charge on any atom is 0.272 e. The first-order valence-electron chi connectivity index (χ1n) is 6.29. The van der Waals surface area contributed by atoms with Crippen LogP contribution in [0.5, 0.6) is 0 Å². The highest BCUT2D eigenvalue weighted by Gasteiger charge is 2.10. The van der Waals surface area contributed by atoms with Gasteiger partial charge < -0.3 is 16.0 Å². The standard InChI is InChI=1S/C15H12N4O2/c16-10-6-7-11(9-3-2-8-17-14(9)10)19-15(21)12-4-1-5-13(20)18-12/h1-8H,16H2,(H,18,20)(H,19,21). The normalized spacial score (nSPS) is 10.5. The largest absolute Gasteiger partial charge is 0.397 e. The Kier molecular flexibility index (Phi) is 3.12. The summed E-state index contributed by atoms with van der Waals surface area (Å²) < 4.78 is 0. The van der Waals surface area contributed by atoms with E-state index in [1.54, 1.807) is 24.4 Å². The maximum absolute atomic E-state index is 12.2. The van der Waals surface area contributed by atoms with Gasteiger partial charge in [0.05, 0.1) is 16.9 Å². The molecule has 0 fully saturated rings. The van der Waals surface area contributed by atoms with E-state index in [1.165, 1.54) is 18.2 Å². The Morgan fingerprint density at radius 2 is 2.00 bits per heavy atom. The Bertz CT molecular complexity index is 886. The molecule has 0 spiro atoms. The lowest BCUT2D eigenvalue weighted by atomic mass is 10.1. The number of aromatic nitrogens is 2. The second-order valence-electron chi connectivity index (χ2n) is 4.48. The molecule has 0 aliphatic rings. The summed E-state index contributed by atoms with van der Waals surface area (Å²) in [6.07, 6.45) is 1.64. The van der Waals surface area contributed by atoms with Gasteiger partial charge in [0, 0.05) is 17.6 Å². The average molecular weight is 280 g/mol. The molecule has 104 valence electrons. The molecule has 21 heavy (non-hydrogen) atoms. The van der Waals surface area contributed by atoms with Crippen LogP contribution >= 0.6 is 0 Å². The molecule has 3 aromatic rings. The van der Waals surface area contributed by atoms with E-state index in [2.05, 4.69) is 15.3 Å². The van der Waals surface area contributed by atoms with Gasteiger partial charge in [0.25, 0.3) is 5.91 Å². The van der Waals surface area contributed by atoms with Crippen molar-refractivity contribution in [1.29, 1.82) is 0 Å². The van der Waals surface area contributed by atoms with Crippen LogP contribution in [0.15, 0.2) is 53.5 Å². The summed E-state index contributed by atoms with van der Waals surface area (Å²) in [5.74, 6) is -0.400. The van der Waals surface area contributed by atoms with Crippen LogP contribution in [0.25, 0.3) is 10.9 Å². The number of anilines is 2. The van der Waals surface area contributed by atoms with Crippen LogP contribution in [-0.2, 0) is 0 Å². The molecule has 2 heterocycles. The van der Waals surface area contributed by atoms with Gasteiger partial charge in [0.15, 0.2) is 0 Å². The van der Waals surface area contributed by atoms with Crippen molar-refractivity contribution in [1.82, 2.24) is 9.97 Å². The summed E-state index contributed by atoms with van der Waals surface area (Å²) in [6.45, 7) is 0. The number of amides is 1. The van der Waals surface area contributed by atoms with Crippen LogP contribution in [0.2, 0.25) is 0 Å². The third kappa shape index (κ3) is 2.46. The van der Waals surface area contributed by atoms with Crippen molar-refractivity contribution in [3.63, 3.8) is 0 Å². The zero-order valence-electron chi connectivity index (χ0n) is 11.0. The summed E-state index contributed by atoms with van der Waals surface area (Å²) in [5, 5.41) is 3.49. The van der Waals surface area contributed by atoms with E-state index in [4.69, 9.17) is 5.73 Å². The van der Waals surface area contributed by atoms with Crippen LogP contribution in [0.3, 0.4) is 0 Å². The summed E-state index contributed by atoms with van der Waals surface area (Å²) >= 11 is 0. The lowest BCUT2D eigenvalue weighted by Crippen LogP contribution is -2.18. The van der Waals surface area contributed by atoms with E-state index in [0.29, 0.717) is 16.9 Å². The number of pyridine rings is 2. The first-order valence-corrected chi connectivity index (χ1v) is 6.29. The van der Waals surface area contributed by atoms with Gasteiger partial charge in [-0.3, -0.25) is 14.6 Å². The summed E-state index contributed by atoms with van der Waals surface area (Å²) in [6, 6.07) is 11.4. The molecule has 0 saturated carbocycles. The summed E-state index contributed by atoms with van der Waals surface area (Å²) in [7, 11) is 0. The minimum atomic E-state index is -0.400. The number of hydrogen-bond acceptors (Lipinski definition) is 4. The second-order valence-corrected chi connectivity index (χ2v) is 4.48. The summed E-state index contributed by atoms with van der Waals surface area (Å²) in [5.41, 5.74) is 7.47. The number of H-pyrrole nitrogens is 1. The zero-order chi connectivity index (χ0) is 14.8. The molecular weight excluding hydrogens is 268 g/mol. The highest BCUT2D eigenvalue weighted by molar-refractivity contribution is 6.09. The molecule has 0 atom stereocenters. The maximum atomic E-state index is 12.2. The van der Waals surface area contributed by atoms with Crippen molar-refractivity contribution in [3.05, 3.63) is 64.7 Å². The fourth-order valence-corrected chi connectivity index (χ4v) is 2.07. The van der Waals surface area contributed by atoms with Crippen molar-refractivity contribution in [2.45, 2.75) is 0 Å². The van der Waals surface area contributed by atoms with Crippen molar-refractivity contribution in [3.8, 4) is 0 Å². The lowest BCUT2D eigenvalue weighted by molar-refractivity contribution is 0.102. The molecule has 1 amide bonds. The number of benzene rings is 1. The van der Waals surface area contributed by atoms with Crippen LogP contribution in [0, 0.1) is 0 Å². The number of hydrogen-bond donors (Lipinski definition) is 3. The van der Waals surface area contributed by atoms with Gasteiger partial charge in [-0.25, -0.2) is 0 Å². The Labute approximate surface area is 119 Å². The second kappa shape index (κ2) is 5.09. The van der Waals surface area contributed by atoms with E-state index in [-0.39, 0.29) is 11.3 Å². The number of rotatable bonds is 2. The Hall–Kier alpha value is -3.15. The van der Waals surface area contributed by atoms with Gasteiger partial charge >= 0.3 is 0 Å². The molecule has 4 N–H and O–H groups in total. The van der Waals surface area contributed by atoms with Crippen molar-refractivity contribution < 1.29 is 4.79 Å². The van der Waals surface area contributed by atoms with Crippen LogP contribution in [0.4, 0.5) is 11.4 Å². The fourth-order valence-electron chi connectivity index (χ4n) is 2.07. The van der Waals surface area contributed by atoms with Crippen LogP contribution < -0.4 is 16.6 Å². The minimum Gasteiger partial charge on any atom is -0.397 e. The van der Waals surface area contributed by atoms with Crippen molar-refractivity contribution in [2.75, 3.05) is 11.1 Å². The third-order valence-electron chi connectivity index (χ3n) is 3.06. The number of nitrogen functional groups attached to an aromatic ring is 1. The number of aromatic amines is 1. The predicted molar refractivity (Wildman–Crippen MR) is 81.2 cm³/mol. The Balaban J connectivity index is 2.01. The van der Waals surface area contributed by atoms with Crippen LogP contribution in [-0.4, -0.2) is 15.9 Å². The third-order valence-corrected chi connectivity index (χ3v) is 3.06. The quantitative estimate of drug-likeness (QED) is 0.622. The smallest absolute Gasteiger partial charge is 0.272 e. The fraction of sp³-hybridized carbons (Fsp3) is 0. The van der Waals surface area contributed by atoms with E-state index < -0.39 is 5.91 Å². The molecule has 0 unspecified atom stereocenters. The number of nitrogens with zero attached hydrogens (tertiary/aromatic N) is 1. The van der Waals surface area contributed by atoms with Gasteiger partial charge in [0.1, 0.15) is 5.69 Å². The Morgan fingerprint density at radius 3 is 2.81 bits per heavy atom. The molecular formula is C15H12N4O2. The molecule has 0 saturated heterocycles. The Morgan fingerprint density at radius 1 is 1.14 bits per heavy atom. The van der Waals surface area contributed by atoms with Gasteiger partial charge in [-0.2, -0.15) is 0 Å². The molecule has 2 aromatic heterocycles. The highest BCUT2D eigenvalue weighted by atomic mass is 16.2. The number of fused-ring (bicyclic) bond motifs is 1. The predicted octanol–water partition coefficient (Wildman–Crippen LogP) is 1.76. The first kappa shape index (κ1) is 12.9. The SMILES string of the molecule is Nc1ccc(NC(=O)c2cccc(=O)[nH]2)c2cccnc12. The highest BCUT2D eigenvalue weighted by Crippen LogP contribution is 2.26. The topological polar surface area (TPSA) is 101 Å². The molecule has 0 aliphatic carbocycles. The number of carbonyl (C=O) groups excluding carboxylic acids is 1. The van der Waals surface area contributed by atoms with Crippen molar-refractivity contribution in [2.24, 2.45) is 0 Å². The monoisotopic (exact) mass is 280 g/mol. The summed E-state index contributed by atoms with van der Waals surface area (Å²) in [4.78, 5) is 30.1. The molecule has 0 aliphatic heterocycles. The average Bonchev–Trinajstić information content (AvgIpc) is 2.50. The number of nitrogens with two attached hydrogens (primary N) is 1. The first-order chi connectivity index (χ1) is 10.1. The van der Waals surface area contributed by atoms with Crippen molar-refractivity contribution >= 4 is 28.2 Å². The van der Waals surface area contributed by atoms with E-state index >= 15 is 0 Å². The number of nitrogens with one attached hydrogen (secondary N) is 2. The molecule has 0 bridgehead atoms. The lowest BCUT2D eigenvalue weighted by Gasteiger charge is -2.09. The van der Waals surface area contributed by atoms with E-state index in [1.807, 2.05) is 6.07 Å². The molecule has 0 radical (unpaired) electrons. The van der Waals surface area contributed by atoms with Gasteiger partial charge in [-0.15, -0.1) is 0 Å². The molecule has 1 aromatic carbocycles. The van der Waals surface area contributed by atoms with Gasteiger partial charge in [-0.1, -0.05) is 6.07 Å². The number of carbonyl (C=O) groups is 1. The molecule has 6 nitrogen and oxygen atoms in total.